The first kappa shape index (κ1) is 20.4. The molecule has 1 aliphatic heterocycles. The molecule has 25 heavy (non-hydrogen) atoms. The van der Waals surface area contributed by atoms with Crippen molar-refractivity contribution >= 4 is 29.9 Å². The average Bonchev–Trinajstić information content (AvgIpc) is 3.25. The van der Waals surface area contributed by atoms with Crippen LogP contribution in [0.1, 0.15) is 38.3 Å². The summed E-state index contributed by atoms with van der Waals surface area (Å²) in [6, 6.07) is 1.92. The van der Waals surface area contributed by atoms with E-state index in [9.17, 15) is 5.11 Å². The number of aliphatic imine (C=N–C) groups is 1. The minimum absolute atomic E-state index is 0. The van der Waals surface area contributed by atoms with Crippen LogP contribution in [0.25, 0.3) is 0 Å². The van der Waals surface area contributed by atoms with E-state index in [0.717, 1.165) is 76.6 Å². The molecule has 1 saturated heterocycles. The molecule has 0 atom stereocenters. The highest BCUT2D eigenvalue weighted by Crippen LogP contribution is 2.29. The monoisotopic (exact) mass is 463 g/mol. The largest absolute Gasteiger partial charge is 0.388 e. The summed E-state index contributed by atoms with van der Waals surface area (Å²) in [5.74, 6) is 0.930. The van der Waals surface area contributed by atoms with Gasteiger partial charge in [-0.05, 0) is 19.8 Å². The molecule has 3 rings (SSSR count). The Labute approximate surface area is 166 Å². The second-order valence-corrected chi connectivity index (χ2v) is 6.86. The SMILES string of the molecule is CCNC(=NCC1(O)CCCC1)N1CCN(Cc2ccon2)CC1.I. The maximum atomic E-state index is 10.5. The maximum Gasteiger partial charge on any atom is 0.194 e. The molecule has 2 N–H and O–H groups in total. The van der Waals surface area contributed by atoms with E-state index in [1.54, 1.807) is 6.26 Å². The van der Waals surface area contributed by atoms with E-state index in [2.05, 4.69) is 27.2 Å². The molecule has 2 aliphatic rings. The van der Waals surface area contributed by atoms with Gasteiger partial charge >= 0.3 is 0 Å². The van der Waals surface area contributed by atoms with Gasteiger partial charge in [-0.1, -0.05) is 18.0 Å². The molecule has 7 nitrogen and oxygen atoms in total. The molecule has 0 spiro atoms. The van der Waals surface area contributed by atoms with E-state index in [1.165, 1.54) is 0 Å². The standard InChI is InChI=1S/C17H29N5O2.HI/c1-2-18-16(19-14-17(23)6-3-4-7-17)22-10-8-21(9-11-22)13-15-5-12-24-20-15;/h5,12,23H,2-4,6-11,13-14H2,1H3,(H,18,19);1H. The van der Waals surface area contributed by atoms with Crippen molar-refractivity contribution in [3.63, 3.8) is 0 Å². The lowest BCUT2D eigenvalue weighted by Gasteiger charge is -2.36. The van der Waals surface area contributed by atoms with Crippen LogP contribution < -0.4 is 5.32 Å². The smallest absolute Gasteiger partial charge is 0.194 e. The van der Waals surface area contributed by atoms with Crippen LogP contribution in [0.4, 0.5) is 0 Å². The van der Waals surface area contributed by atoms with Gasteiger partial charge in [0.25, 0.3) is 0 Å². The third kappa shape index (κ3) is 5.82. The van der Waals surface area contributed by atoms with Crippen LogP contribution >= 0.6 is 24.0 Å². The molecule has 8 heteroatoms. The van der Waals surface area contributed by atoms with Crippen LogP contribution in [-0.4, -0.2) is 70.9 Å². The zero-order valence-electron chi connectivity index (χ0n) is 15.0. The molecular weight excluding hydrogens is 433 g/mol. The van der Waals surface area contributed by atoms with Gasteiger partial charge in [-0.15, -0.1) is 24.0 Å². The molecule has 1 saturated carbocycles. The summed E-state index contributed by atoms with van der Waals surface area (Å²) < 4.78 is 4.90. The van der Waals surface area contributed by atoms with Gasteiger partial charge < -0.3 is 19.8 Å². The van der Waals surface area contributed by atoms with E-state index in [0.29, 0.717) is 6.54 Å². The maximum absolute atomic E-state index is 10.5. The number of rotatable bonds is 5. The van der Waals surface area contributed by atoms with Crippen molar-refractivity contribution in [1.29, 1.82) is 0 Å². The molecule has 0 aromatic carbocycles. The Balaban J connectivity index is 0.00000225. The topological polar surface area (TPSA) is 77.1 Å². The van der Waals surface area contributed by atoms with Crippen molar-refractivity contribution < 1.29 is 9.63 Å². The second-order valence-electron chi connectivity index (χ2n) is 6.86. The van der Waals surface area contributed by atoms with Gasteiger partial charge in [0, 0.05) is 45.3 Å². The lowest BCUT2D eigenvalue weighted by molar-refractivity contribution is 0.0569. The van der Waals surface area contributed by atoms with Gasteiger partial charge in [0.2, 0.25) is 0 Å². The molecule has 0 unspecified atom stereocenters. The van der Waals surface area contributed by atoms with Crippen LogP contribution in [-0.2, 0) is 6.54 Å². The molecule has 2 fully saturated rings. The minimum atomic E-state index is -0.588. The number of aliphatic hydroxyl groups is 1. The predicted octanol–water partition coefficient (Wildman–Crippen LogP) is 1.68. The Bertz CT molecular complexity index is 523. The Morgan fingerprint density at radius 3 is 2.64 bits per heavy atom. The number of hydrogen-bond donors (Lipinski definition) is 2. The van der Waals surface area contributed by atoms with Gasteiger partial charge in [0.1, 0.15) is 6.26 Å². The number of nitrogens with zero attached hydrogens (tertiary/aromatic N) is 4. The number of aromatic nitrogens is 1. The molecule has 2 heterocycles. The Hall–Kier alpha value is -0.870. The van der Waals surface area contributed by atoms with E-state index >= 15 is 0 Å². The van der Waals surface area contributed by atoms with E-state index < -0.39 is 5.60 Å². The molecular formula is C17H30IN5O2. The van der Waals surface area contributed by atoms with E-state index in [-0.39, 0.29) is 24.0 Å². The van der Waals surface area contributed by atoms with Crippen molar-refractivity contribution in [2.75, 3.05) is 39.3 Å². The van der Waals surface area contributed by atoms with Crippen LogP contribution in [0, 0.1) is 0 Å². The number of halogens is 1. The van der Waals surface area contributed by atoms with E-state index in [4.69, 9.17) is 9.52 Å². The first-order valence-electron chi connectivity index (χ1n) is 9.06. The lowest BCUT2D eigenvalue weighted by atomic mass is 10.0. The quantitative estimate of drug-likeness (QED) is 0.393. The molecule has 142 valence electrons. The first-order valence-corrected chi connectivity index (χ1v) is 9.06. The second kappa shape index (κ2) is 9.72. The molecule has 0 radical (unpaired) electrons. The number of piperazine rings is 1. The van der Waals surface area contributed by atoms with Gasteiger partial charge in [-0.3, -0.25) is 9.89 Å². The van der Waals surface area contributed by atoms with Gasteiger partial charge in [0.15, 0.2) is 5.96 Å². The van der Waals surface area contributed by atoms with Crippen molar-refractivity contribution in [2.45, 2.75) is 44.8 Å². The fourth-order valence-corrected chi connectivity index (χ4v) is 3.51. The predicted molar refractivity (Wildman–Crippen MR) is 108 cm³/mol. The fourth-order valence-electron chi connectivity index (χ4n) is 3.51. The highest BCUT2D eigenvalue weighted by Gasteiger charge is 2.31. The summed E-state index contributed by atoms with van der Waals surface area (Å²) >= 11 is 0. The first-order chi connectivity index (χ1) is 11.7. The van der Waals surface area contributed by atoms with Crippen molar-refractivity contribution in [2.24, 2.45) is 4.99 Å². The molecule has 0 bridgehead atoms. The van der Waals surface area contributed by atoms with Gasteiger partial charge in [-0.2, -0.15) is 0 Å². The van der Waals surface area contributed by atoms with Crippen LogP contribution in [0.3, 0.4) is 0 Å². The zero-order chi connectivity index (χ0) is 16.8. The molecule has 1 aliphatic carbocycles. The van der Waals surface area contributed by atoms with Gasteiger partial charge in [0.05, 0.1) is 17.8 Å². The molecule has 1 aromatic rings. The Morgan fingerprint density at radius 1 is 1.32 bits per heavy atom. The number of guanidine groups is 1. The van der Waals surface area contributed by atoms with Crippen LogP contribution in [0.15, 0.2) is 21.8 Å². The van der Waals surface area contributed by atoms with Crippen LogP contribution in [0.5, 0.6) is 0 Å². The van der Waals surface area contributed by atoms with Crippen molar-refractivity contribution in [3.8, 4) is 0 Å². The minimum Gasteiger partial charge on any atom is -0.388 e. The zero-order valence-corrected chi connectivity index (χ0v) is 17.3. The summed E-state index contributed by atoms with van der Waals surface area (Å²) in [4.78, 5) is 9.40. The Kier molecular flexibility index (Phi) is 7.95. The molecule has 1 aromatic heterocycles. The van der Waals surface area contributed by atoms with Gasteiger partial charge in [-0.25, -0.2) is 0 Å². The third-order valence-corrected chi connectivity index (χ3v) is 4.94. The lowest BCUT2D eigenvalue weighted by Crippen LogP contribution is -2.52. The van der Waals surface area contributed by atoms with Crippen LogP contribution in [0.2, 0.25) is 0 Å². The summed E-state index contributed by atoms with van der Waals surface area (Å²) in [5.41, 5.74) is 0.391. The van der Waals surface area contributed by atoms with E-state index in [1.807, 2.05) is 6.07 Å². The summed E-state index contributed by atoms with van der Waals surface area (Å²) in [5, 5.41) is 17.9. The third-order valence-electron chi connectivity index (χ3n) is 4.94. The fraction of sp³-hybridized carbons (Fsp3) is 0.765. The highest BCUT2D eigenvalue weighted by atomic mass is 127. The number of hydrogen-bond acceptors (Lipinski definition) is 5. The van der Waals surface area contributed by atoms with Crippen molar-refractivity contribution in [3.05, 3.63) is 18.0 Å². The Morgan fingerprint density at radius 2 is 2.04 bits per heavy atom. The molecule has 0 amide bonds. The highest BCUT2D eigenvalue weighted by molar-refractivity contribution is 14.0. The number of nitrogens with one attached hydrogen (secondary N) is 1. The summed E-state index contributed by atoms with van der Waals surface area (Å²) in [7, 11) is 0. The average molecular weight is 463 g/mol. The summed E-state index contributed by atoms with van der Waals surface area (Å²) in [6.07, 6.45) is 5.60. The normalized spacial score (nSPS) is 21.2. The summed E-state index contributed by atoms with van der Waals surface area (Å²) in [6.45, 7) is 8.08. The van der Waals surface area contributed by atoms with Crippen molar-refractivity contribution in [1.82, 2.24) is 20.3 Å².